The second-order valence-electron chi connectivity index (χ2n) is 3.05. The van der Waals surface area contributed by atoms with Crippen molar-refractivity contribution in [2.45, 2.75) is 6.92 Å². The van der Waals surface area contributed by atoms with Gasteiger partial charge < -0.3 is 11.1 Å². The number of nitrogen functional groups attached to an aromatic ring is 1. The zero-order valence-electron chi connectivity index (χ0n) is 8.68. The fourth-order valence-electron chi connectivity index (χ4n) is 1.23. The Hall–Kier alpha value is -1.63. The highest BCUT2D eigenvalue weighted by molar-refractivity contribution is 9.10. The SMILES string of the molecule is CCNc1nc(-n2cccn2)nc(N)c1Br. The normalized spacial score (nSPS) is 10.4. The third-order valence-electron chi connectivity index (χ3n) is 1.92. The zero-order valence-corrected chi connectivity index (χ0v) is 10.3. The molecule has 0 radical (unpaired) electrons. The molecule has 2 aromatic heterocycles. The quantitative estimate of drug-likeness (QED) is 0.890. The Morgan fingerprint density at radius 2 is 2.31 bits per heavy atom. The van der Waals surface area contributed by atoms with E-state index in [1.165, 1.54) is 0 Å². The number of hydrogen-bond acceptors (Lipinski definition) is 5. The van der Waals surface area contributed by atoms with Crippen molar-refractivity contribution in [3.8, 4) is 5.95 Å². The van der Waals surface area contributed by atoms with Crippen molar-refractivity contribution in [3.05, 3.63) is 22.9 Å². The molecule has 0 atom stereocenters. The first-order valence-corrected chi connectivity index (χ1v) is 5.58. The second-order valence-corrected chi connectivity index (χ2v) is 3.85. The summed E-state index contributed by atoms with van der Waals surface area (Å²) in [4.78, 5) is 8.46. The monoisotopic (exact) mass is 282 g/mol. The molecule has 0 aromatic carbocycles. The van der Waals surface area contributed by atoms with Crippen LogP contribution in [0, 0.1) is 0 Å². The molecule has 6 nitrogen and oxygen atoms in total. The van der Waals surface area contributed by atoms with Crippen LogP contribution in [0.1, 0.15) is 6.92 Å². The molecule has 0 aliphatic carbocycles. The van der Waals surface area contributed by atoms with Gasteiger partial charge in [0.2, 0.25) is 0 Å². The number of rotatable bonds is 3. The molecule has 0 saturated carbocycles. The van der Waals surface area contributed by atoms with Gasteiger partial charge in [0.25, 0.3) is 5.95 Å². The van der Waals surface area contributed by atoms with Crippen LogP contribution in [0.3, 0.4) is 0 Å². The molecule has 84 valence electrons. The summed E-state index contributed by atoms with van der Waals surface area (Å²) < 4.78 is 2.23. The van der Waals surface area contributed by atoms with Gasteiger partial charge >= 0.3 is 0 Å². The Kier molecular flexibility index (Phi) is 3.04. The first-order valence-electron chi connectivity index (χ1n) is 4.79. The van der Waals surface area contributed by atoms with Crippen molar-refractivity contribution in [2.75, 3.05) is 17.6 Å². The van der Waals surface area contributed by atoms with Gasteiger partial charge in [0.15, 0.2) is 0 Å². The predicted molar refractivity (Wildman–Crippen MR) is 65.4 cm³/mol. The van der Waals surface area contributed by atoms with Gasteiger partial charge in [0.1, 0.15) is 16.1 Å². The smallest absolute Gasteiger partial charge is 0.254 e. The van der Waals surface area contributed by atoms with Gasteiger partial charge in [-0.15, -0.1) is 0 Å². The van der Waals surface area contributed by atoms with Crippen LogP contribution in [0.15, 0.2) is 22.9 Å². The fourth-order valence-corrected chi connectivity index (χ4v) is 1.54. The molecule has 0 bridgehead atoms. The molecule has 0 spiro atoms. The molecule has 0 saturated heterocycles. The van der Waals surface area contributed by atoms with E-state index in [9.17, 15) is 0 Å². The number of halogens is 1. The standard InChI is InChI=1S/C9H11BrN6/c1-2-12-8-6(10)7(11)14-9(15-8)16-5-3-4-13-16/h3-5H,2H2,1H3,(H3,11,12,14,15). The largest absolute Gasteiger partial charge is 0.383 e. The van der Waals surface area contributed by atoms with Gasteiger partial charge in [0.05, 0.1) is 0 Å². The highest BCUT2D eigenvalue weighted by atomic mass is 79.9. The van der Waals surface area contributed by atoms with Gasteiger partial charge in [-0.2, -0.15) is 15.1 Å². The van der Waals surface area contributed by atoms with Crippen LogP contribution >= 0.6 is 15.9 Å². The van der Waals surface area contributed by atoms with Crippen LogP contribution < -0.4 is 11.1 Å². The van der Waals surface area contributed by atoms with Crippen molar-refractivity contribution < 1.29 is 0 Å². The van der Waals surface area contributed by atoms with Gasteiger partial charge in [0, 0.05) is 18.9 Å². The van der Waals surface area contributed by atoms with Crippen molar-refractivity contribution in [1.82, 2.24) is 19.7 Å². The zero-order chi connectivity index (χ0) is 11.5. The molecular weight excluding hydrogens is 272 g/mol. The van der Waals surface area contributed by atoms with Crippen molar-refractivity contribution in [2.24, 2.45) is 0 Å². The second kappa shape index (κ2) is 4.48. The van der Waals surface area contributed by atoms with E-state index in [-0.39, 0.29) is 0 Å². The lowest BCUT2D eigenvalue weighted by Gasteiger charge is -2.09. The summed E-state index contributed by atoms with van der Waals surface area (Å²) in [5, 5.41) is 7.15. The first kappa shape index (κ1) is 10.9. The topological polar surface area (TPSA) is 81.7 Å². The Morgan fingerprint density at radius 3 is 2.94 bits per heavy atom. The summed E-state index contributed by atoms with van der Waals surface area (Å²) >= 11 is 3.34. The molecule has 2 rings (SSSR count). The molecule has 7 heteroatoms. The van der Waals surface area contributed by atoms with E-state index in [0.29, 0.717) is 22.1 Å². The van der Waals surface area contributed by atoms with E-state index >= 15 is 0 Å². The number of anilines is 2. The van der Waals surface area contributed by atoms with E-state index in [2.05, 4.69) is 36.3 Å². The highest BCUT2D eigenvalue weighted by Gasteiger charge is 2.10. The predicted octanol–water partition coefficient (Wildman–Crippen LogP) is 1.44. The van der Waals surface area contributed by atoms with Crippen LogP contribution in [0.25, 0.3) is 5.95 Å². The fraction of sp³-hybridized carbons (Fsp3) is 0.222. The molecule has 2 heterocycles. The number of nitrogens with one attached hydrogen (secondary N) is 1. The van der Waals surface area contributed by atoms with E-state index in [4.69, 9.17) is 5.73 Å². The summed E-state index contributed by atoms with van der Waals surface area (Å²) in [7, 11) is 0. The number of aromatic nitrogens is 4. The van der Waals surface area contributed by atoms with Crippen LogP contribution in [0.2, 0.25) is 0 Å². The van der Waals surface area contributed by atoms with Gasteiger partial charge in [-0.3, -0.25) is 0 Å². The minimum absolute atomic E-state index is 0.386. The number of hydrogen-bond donors (Lipinski definition) is 2. The van der Waals surface area contributed by atoms with Crippen LogP contribution in [-0.2, 0) is 0 Å². The van der Waals surface area contributed by atoms with Crippen LogP contribution in [0.4, 0.5) is 11.6 Å². The number of nitrogens with zero attached hydrogens (tertiary/aromatic N) is 4. The van der Waals surface area contributed by atoms with E-state index in [1.54, 1.807) is 23.1 Å². The van der Waals surface area contributed by atoms with Gasteiger partial charge in [-0.05, 0) is 28.9 Å². The third-order valence-corrected chi connectivity index (χ3v) is 2.70. The highest BCUT2D eigenvalue weighted by Crippen LogP contribution is 2.25. The molecule has 3 N–H and O–H groups in total. The molecule has 0 fully saturated rings. The average Bonchev–Trinajstić information content (AvgIpc) is 2.78. The molecule has 0 amide bonds. The van der Waals surface area contributed by atoms with Crippen LogP contribution in [-0.4, -0.2) is 26.3 Å². The minimum Gasteiger partial charge on any atom is -0.383 e. The molecule has 0 unspecified atom stereocenters. The Balaban J connectivity index is 2.48. The van der Waals surface area contributed by atoms with Gasteiger partial charge in [-0.1, -0.05) is 0 Å². The van der Waals surface area contributed by atoms with Crippen LogP contribution in [0.5, 0.6) is 0 Å². The maximum atomic E-state index is 5.78. The molecule has 0 aliphatic rings. The lowest BCUT2D eigenvalue weighted by Crippen LogP contribution is -2.09. The molecule has 16 heavy (non-hydrogen) atoms. The van der Waals surface area contributed by atoms with Gasteiger partial charge in [-0.25, -0.2) is 4.68 Å². The minimum atomic E-state index is 0.386. The maximum absolute atomic E-state index is 5.78. The molecule has 2 aromatic rings. The van der Waals surface area contributed by atoms with E-state index in [0.717, 1.165) is 6.54 Å². The lowest BCUT2D eigenvalue weighted by atomic mass is 10.5. The van der Waals surface area contributed by atoms with Crippen molar-refractivity contribution in [1.29, 1.82) is 0 Å². The molecule has 0 aliphatic heterocycles. The third kappa shape index (κ3) is 1.99. The summed E-state index contributed by atoms with van der Waals surface area (Å²) in [6.45, 7) is 2.74. The first-order chi connectivity index (χ1) is 7.72. The summed E-state index contributed by atoms with van der Waals surface area (Å²) in [5.74, 6) is 1.50. The van der Waals surface area contributed by atoms with E-state index < -0.39 is 0 Å². The summed E-state index contributed by atoms with van der Waals surface area (Å²) in [6, 6.07) is 1.80. The summed E-state index contributed by atoms with van der Waals surface area (Å²) in [5.41, 5.74) is 5.78. The Morgan fingerprint density at radius 1 is 1.50 bits per heavy atom. The Bertz CT molecular complexity index is 481. The summed E-state index contributed by atoms with van der Waals surface area (Å²) in [6.07, 6.45) is 3.42. The van der Waals surface area contributed by atoms with Crippen molar-refractivity contribution >= 4 is 27.6 Å². The Labute approximate surface area is 101 Å². The number of nitrogens with two attached hydrogens (primary N) is 1. The average molecular weight is 283 g/mol. The van der Waals surface area contributed by atoms with E-state index in [1.807, 2.05) is 6.92 Å². The maximum Gasteiger partial charge on any atom is 0.254 e. The lowest BCUT2D eigenvalue weighted by molar-refractivity contribution is 0.809. The van der Waals surface area contributed by atoms with Crippen molar-refractivity contribution in [3.63, 3.8) is 0 Å². The molecular formula is C9H11BrN6.